The highest BCUT2D eigenvalue weighted by Gasteiger charge is 2.12. The molecule has 0 radical (unpaired) electrons. The van der Waals surface area contributed by atoms with Gasteiger partial charge < -0.3 is 9.15 Å². The second-order valence-electron chi connectivity index (χ2n) is 6.55. The first-order valence-corrected chi connectivity index (χ1v) is 9.14. The first kappa shape index (κ1) is 17.1. The van der Waals surface area contributed by atoms with E-state index < -0.39 is 0 Å². The molecule has 1 aromatic carbocycles. The lowest BCUT2D eigenvalue weighted by molar-refractivity contribution is 0.266. The van der Waals surface area contributed by atoms with Crippen LogP contribution in [0.5, 0.6) is 5.75 Å². The summed E-state index contributed by atoms with van der Waals surface area (Å²) in [5.41, 5.74) is 5.29. The predicted molar refractivity (Wildman–Crippen MR) is 108 cm³/mol. The van der Waals surface area contributed by atoms with E-state index in [1.54, 1.807) is 18.6 Å². The Kier molecular flexibility index (Phi) is 4.25. The molecule has 0 aliphatic heterocycles. The van der Waals surface area contributed by atoms with Gasteiger partial charge in [-0.3, -0.25) is 9.67 Å². The van der Waals surface area contributed by atoms with Gasteiger partial charge >= 0.3 is 0 Å². The molecule has 7 heteroatoms. The average molecular weight is 382 g/mol. The number of fused-ring (bicyclic) bond motifs is 1. The summed E-state index contributed by atoms with van der Waals surface area (Å²) in [6.45, 7) is 0.238. The smallest absolute Gasteiger partial charge is 0.247 e. The Labute approximate surface area is 166 Å². The fraction of sp³-hybridized carbons (Fsp3) is 0.0909. The Hall–Kier alpha value is -4.00. The van der Waals surface area contributed by atoms with Gasteiger partial charge in [-0.2, -0.15) is 5.10 Å². The zero-order chi connectivity index (χ0) is 19.6. The number of hydrogen-bond donors (Lipinski definition) is 0. The number of benzene rings is 1. The molecule has 0 atom stereocenters. The summed E-state index contributed by atoms with van der Waals surface area (Å²) in [5, 5.41) is 4.63. The molecule has 0 amide bonds. The number of oxazole rings is 1. The van der Waals surface area contributed by atoms with E-state index in [0.717, 1.165) is 33.7 Å². The van der Waals surface area contributed by atoms with E-state index in [0.29, 0.717) is 11.6 Å². The van der Waals surface area contributed by atoms with Crippen LogP contribution in [0.2, 0.25) is 0 Å². The lowest BCUT2D eigenvalue weighted by Gasteiger charge is -2.06. The Morgan fingerprint density at radius 1 is 0.966 bits per heavy atom. The number of rotatable bonds is 5. The number of hydrogen-bond acceptors (Lipinski definition) is 6. The minimum absolute atomic E-state index is 0.238. The van der Waals surface area contributed by atoms with Gasteiger partial charge in [0.1, 0.15) is 17.0 Å². The number of nitrogens with zero attached hydrogens (tertiary/aromatic N) is 5. The molecule has 7 nitrogen and oxygen atoms in total. The van der Waals surface area contributed by atoms with Gasteiger partial charge in [0, 0.05) is 43.0 Å². The molecule has 29 heavy (non-hydrogen) atoms. The van der Waals surface area contributed by atoms with Gasteiger partial charge in [-0.1, -0.05) is 0 Å². The van der Waals surface area contributed by atoms with E-state index >= 15 is 0 Å². The largest absolute Gasteiger partial charge is 0.484 e. The molecule has 0 saturated heterocycles. The van der Waals surface area contributed by atoms with E-state index in [1.807, 2.05) is 66.5 Å². The lowest BCUT2D eigenvalue weighted by Crippen LogP contribution is -1.95. The van der Waals surface area contributed by atoms with Gasteiger partial charge in [0.15, 0.2) is 6.61 Å². The highest BCUT2D eigenvalue weighted by molar-refractivity contribution is 5.80. The molecular weight excluding hydrogens is 365 g/mol. The van der Waals surface area contributed by atoms with Gasteiger partial charge in [-0.25, -0.2) is 9.97 Å². The molecule has 0 fully saturated rings. The summed E-state index contributed by atoms with van der Waals surface area (Å²) in [4.78, 5) is 12.6. The fourth-order valence-electron chi connectivity index (χ4n) is 3.18. The van der Waals surface area contributed by atoms with Crippen LogP contribution in [0.15, 0.2) is 77.7 Å². The summed E-state index contributed by atoms with van der Waals surface area (Å²) >= 11 is 0. The van der Waals surface area contributed by atoms with Crippen molar-refractivity contribution in [3.63, 3.8) is 0 Å². The standard InChI is InChI=1S/C22H17N5O2/c1-27-13-18(15-8-11-23-12-9-15)21(26-27)16-4-6-17(7-5-16)28-14-20-25-19-3-2-10-24-22(19)29-20/h2-13H,14H2,1H3/i1-1. The number of aryl methyl sites for hydroxylation is 1. The molecule has 0 bridgehead atoms. The number of pyridine rings is 2. The molecule has 142 valence electrons. The maximum atomic E-state index is 5.81. The highest BCUT2D eigenvalue weighted by atomic mass is 16.5. The maximum absolute atomic E-state index is 5.81. The molecule has 0 aliphatic carbocycles. The van der Waals surface area contributed by atoms with E-state index in [4.69, 9.17) is 9.15 Å². The molecule has 5 rings (SSSR count). The Morgan fingerprint density at radius 3 is 2.59 bits per heavy atom. The quantitative estimate of drug-likeness (QED) is 0.452. The Morgan fingerprint density at radius 2 is 1.79 bits per heavy atom. The Bertz CT molecular complexity index is 1230. The highest BCUT2D eigenvalue weighted by Crippen LogP contribution is 2.31. The lowest BCUT2D eigenvalue weighted by atomic mass is 10.0. The van der Waals surface area contributed by atoms with Crippen LogP contribution in [0.3, 0.4) is 0 Å². The van der Waals surface area contributed by atoms with Crippen LogP contribution in [-0.4, -0.2) is 24.7 Å². The molecule has 0 spiro atoms. The third-order valence-electron chi connectivity index (χ3n) is 4.52. The molecule has 0 saturated carbocycles. The zero-order valence-corrected chi connectivity index (χ0v) is 15.7. The summed E-state index contributed by atoms with van der Waals surface area (Å²) < 4.78 is 13.2. The molecule has 4 heterocycles. The van der Waals surface area contributed by atoms with Crippen LogP contribution < -0.4 is 4.74 Å². The van der Waals surface area contributed by atoms with E-state index in [2.05, 4.69) is 20.1 Å². The summed E-state index contributed by atoms with van der Waals surface area (Å²) in [5.74, 6) is 1.22. The molecule has 0 N–H and O–H groups in total. The summed E-state index contributed by atoms with van der Waals surface area (Å²) in [6.07, 6.45) is 7.25. The average Bonchev–Trinajstić information content (AvgIpc) is 3.36. The van der Waals surface area contributed by atoms with Gasteiger partial charge in [0.05, 0.1) is 0 Å². The van der Waals surface area contributed by atoms with Crippen molar-refractivity contribution in [3.05, 3.63) is 79.2 Å². The van der Waals surface area contributed by atoms with Crippen molar-refractivity contribution in [2.75, 3.05) is 0 Å². The minimum Gasteiger partial charge on any atom is -0.484 e. The second kappa shape index (κ2) is 7.20. The molecular formula is C22H17N5O2. The van der Waals surface area contributed by atoms with Crippen molar-refractivity contribution >= 4 is 11.2 Å². The topological polar surface area (TPSA) is 78.9 Å². The fourth-order valence-corrected chi connectivity index (χ4v) is 3.18. The SMILES string of the molecule is [11CH3]n1cc(-c2ccncc2)c(-c2ccc(OCc3nc4cccnc4o3)cc2)n1. The van der Waals surface area contributed by atoms with Crippen molar-refractivity contribution in [2.24, 2.45) is 7.05 Å². The van der Waals surface area contributed by atoms with Crippen LogP contribution in [-0.2, 0) is 13.7 Å². The van der Waals surface area contributed by atoms with Crippen LogP contribution in [0.25, 0.3) is 33.6 Å². The maximum Gasteiger partial charge on any atom is 0.247 e. The normalized spacial score (nSPS) is 11.1. The first-order valence-electron chi connectivity index (χ1n) is 9.14. The van der Waals surface area contributed by atoms with Crippen LogP contribution in [0.1, 0.15) is 5.89 Å². The summed E-state index contributed by atoms with van der Waals surface area (Å²) in [6, 6.07) is 15.5. The zero-order valence-electron chi connectivity index (χ0n) is 15.7. The van der Waals surface area contributed by atoms with Crippen LogP contribution in [0, 0.1) is 0 Å². The van der Waals surface area contributed by atoms with Crippen molar-refractivity contribution in [1.82, 2.24) is 24.7 Å². The van der Waals surface area contributed by atoms with Gasteiger partial charge in [-0.15, -0.1) is 0 Å². The van der Waals surface area contributed by atoms with Crippen molar-refractivity contribution in [3.8, 4) is 28.1 Å². The van der Waals surface area contributed by atoms with E-state index in [-0.39, 0.29) is 6.61 Å². The monoisotopic (exact) mass is 382 g/mol. The third-order valence-corrected chi connectivity index (χ3v) is 4.52. The van der Waals surface area contributed by atoms with Crippen molar-refractivity contribution in [2.45, 2.75) is 6.61 Å². The van der Waals surface area contributed by atoms with E-state index in [1.165, 1.54) is 0 Å². The Balaban J connectivity index is 1.35. The first-order chi connectivity index (χ1) is 14.3. The van der Waals surface area contributed by atoms with Crippen LogP contribution >= 0.6 is 0 Å². The summed E-state index contributed by atoms with van der Waals surface area (Å²) in [7, 11) is 1.92. The molecule has 4 aromatic heterocycles. The van der Waals surface area contributed by atoms with Gasteiger partial charge in [-0.05, 0) is 54.1 Å². The van der Waals surface area contributed by atoms with Gasteiger partial charge in [0.25, 0.3) is 0 Å². The van der Waals surface area contributed by atoms with Crippen molar-refractivity contribution in [1.29, 1.82) is 0 Å². The molecule has 0 aliphatic rings. The number of aromatic nitrogens is 5. The molecule has 5 aromatic rings. The molecule has 0 unspecified atom stereocenters. The predicted octanol–water partition coefficient (Wildman–Crippen LogP) is 4.26. The van der Waals surface area contributed by atoms with Gasteiger partial charge in [0.2, 0.25) is 11.6 Å². The minimum atomic E-state index is 0.238. The van der Waals surface area contributed by atoms with Crippen molar-refractivity contribution < 1.29 is 9.15 Å². The third kappa shape index (κ3) is 3.45. The second-order valence-corrected chi connectivity index (χ2v) is 6.55. The van der Waals surface area contributed by atoms with Crippen LogP contribution in [0.4, 0.5) is 0 Å². The number of ether oxygens (including phenoxy) is 1. The van der Waals surface area contributed by atoms with E-state index in [9.17, 15) is 0 Å².